The van der Waals surface area contributed by atoms with Crippen molar-refractivity contribution in [2.24, 2.45) is 5.92 Å². The van der Waals surface area contributed by atoms with E-state index in [0.29, 0.717) is 0 Å². The number of ether oxygens (including phenoxy) is 1. The summed E-state index contributed by atoms with van der Waals surface area (Å²) >= 11 is 0. The molecule has 1 unspecified atom stereocenters. The Morgan fingerprint density at radius 2 is 2.43 bits per heavy atom. The molecule has 1 rings (SSSR count). The summed E-state index contributed by atoms with van der Waals surface area (Å²) in [7, 11) is 1.47. The van der Waals surface area contributed by atoms with E-state index in [1.807, 2.05) is 13.0 Å². The number of piperidine rings is 1. The van der Waals surface area contributed by atoms with E-state index in [0.717, 1.165) is 32.5 Å². The first-order chi connectivity index (χ1) is 6.77. The lowest BCUT2D eigenvalue weighted by Crippen LogP contribution is -2.39. The van der Waals surface area contributed by atoms with Gasteiger partial charge in [0.2, 0.25) is 0 Å². The normalized spacial score (nSPS) is 24.0. The van der Waals surface area contributed by atoms with Crippen LogP contribution in [0.1, 0.15) is 19.8 Å². The van der Waals surface area contributed by atoms with E-state index in [2.05, 4.69) is 11.0 Å². The molecule has 1 atom stereocenters. The van der Waals surface area contributed by atoms with Crippen LogP contribution >= 0.6 is 0 Å². The molecule has 0 bridgehead atoms. The Bertz CT molecular complexity index is 213. The number of rotatable bonds is 3. The Morgan fingerprint density at radius 1 is 1.64 bits per heavy atom. The van der Waals surface area contributed by atoms with Crippen LogP contribution in [0.5, 0.6) is 0 Å². The van der Waals surface area contributed by atoms with Gasteiger partial charge in [-0.3, -0.25) is 9.69 Å². The summed E-state index contributed by atoms with van der Waals surface area (Å²) in [6.45, 7) is 4.90. The van der Waals surface area contributed by atoms with Crippen molar-refractivity contribution in [3.8, 4) is 0 Å². The Labute approximate surface area is 85.7 Å². The van der Waals surface area contributed by atoms with Gasteiger partial charge in [0.25, 0.3) is 0 Å². The Morgan fingerprint density at radius 3 is 3.07 bits per heavy atom. The largest absolute Gasteiger partial charge is 0.469 e. The summed E-state index contributed by atoms with van der Waals surface area (Å²) in [6, 6.07) is 0. The fourth-order valence-corrected chi connectivity index (χ4v) is 1.83. The molecule has 0 saturated carbocycles. The number of nitrogens with zero attached hydrogens (tertiary/aromatic N) is 1. The summed E-state index contributed by atoms with van der Waals surface area (Å²) in [5.74, 6) is 0.0224. The molecule has 0 amide bonds. The molecule has 0 aromatic rings. The second-order valence-electron chi connectivity index (χ2n) is 3.69. The zero-order valence-corrected chi connectivity index (χ0v) is 9.03. The molecule has 14 heavy (non-hydrogen) atoms. The van der Waals surface area contributed by atoms with Gasteiger partial charge in [0.1, 0.15) is 0 Å². The number of carbonyl (C=O) groups is 1. The molecular formula is C11H19NO2. The van der Waals surface area contributed by atoms with Gasteiger partial charge in [-0.15, -0.1) is 0 Å². The molecule has 0 spiro atoms. The molecule has 1 aliphatic heterocycles. The summed E-state index contributed by atoms with van der Waals surface area (Å²) in [4.78, 5) is 13.6. The summed E-state index contributed by atoms with van der Waals surface area (Å²) < 4.78 is 4.76. The van der Waals surface area contributed by atoms with E-state index in [-0.39, 0.29) is 11.9 Å². The molecule has 0 N–H and O–H groups in total. The fraction of sp³-hybridized carbons (Fsp3) is 0.727. The van der Waals surface area contributed by atoms with Crippen LogP contribution in [-0.4, -0.2) is 37.6 Å². The van der Waals surface area contributed by atoms with E-state index in [4.69, 9.17) is 4.74 Å². The minimum Gasteiger partial charge on any atom is -0.469 e. The highest BCUT2D eigenvalue weighted by atomic mass is 16.5. The van der Waals surface area contributed by atoms with Gasteiger partial charge < -0.3 is 4.74 Å². The molecule has 3 nitrogen and oxygen atoms in total. The van der Waals surface area contributed by atoms with Crippen molar-refractivity contribution >= 4 is 5.97 Å². The van der Waals surface area contributed by atoms with Gasteiger partial charge in [0, 0.05) is 13.1 Å². The van der Waals surface area contributed by atoms with E-state index in [1.165, 1.54) is 7.11 Å². The van der Waals surface area contributed by atoms with E-state index >= 15 is 0 Å². The molecule has 1 saturated heterocycles. The smallest absolute Gasteiger partial charge is 0.309 e. The SMILES string of the molecule is C/C=C/CN1CCCC(C(=O)OC)C1. The van der Waals surface area contributed by atoms with Gasteiger partial charge in [-0.2, -0.15) is 0 Å². The molecule has 3 heteroatoms. The van der Waals surface area contributed by atoms with Crippen LogP contribution in [0.2, 0.25) is 0 Å². The van der Waals surface area contributed by atoms with Crippen molar-refractivity contribution in [1.29, 1.82) is 0 Å². The van der Waals surface area contributed by atoms with Crippen LogP contribution in [0.15, 0.2) is 12.2 Å². The molecular weight excluding hydrogens is 178 g/mol. The lowest BCUT2D eigenvalue weighted by atomic mass is 9.98. The lowest BCUT2D eigenvalue weighted by molar-refractivity contribution is -0.147. The maximum Gasteiger partial charge on any atom is 0.309 e. The highest BCUT2D eigenvalue weighted by Gasteiger charge is 2.25. The molecule has 1 aliphatic rings. The third kappa shape index (κ3) is 3.14. The first-order valence-electron chi connectivity index (χ1n) is 5.19. The second-order valence-corrected chi connectivity index (χ2v) is 3.69. The van der Waals surface area contributed by atoms with Gasteiger partial charge in [0.15, 0.2) is 0 Å². The molecule has 0 radical (unpaired) electrons. The van der Waals surface area contributed by atoms with Crippen molar-refractivity contribution in [1.82, 2.24) is 4.90 Å². The molecule has 0 aromatic heterocycles. The van der Waals surface area contributed by atoms with Crippen LogP contribution in [0.25, 0.3) is 0 Å². The quantitative estimate of drug-likeness (QED) is 0.506. The number of esters is 1. The topological polar surface area (TPSA) is 29.5 Å². The summed E-state index contributed by atoms with van der Waals surface area (Å²) in [6.07, 6.45) is 6.23. The van der Waals surface area contributed by atoms with Crippen LogP contribution in [-0.2, 0) is 9.53 Å². The average Bonchev–Trinajstić information content (AvgIpc) is 2.25. The molecule has 0 aliphatic carbocycles. The van der Waals surface area contributed by atoms with Gasteiger partial charge in [-0.25, -0.2) is 0 Å². The maximum absolute atomic E-state index is 11.3. The van der Waals surface area contributed by atoms with Gasteiger partial charge in [0.05, 0.1) is 13.0 Å². The predicted octanol–water partition coefficient (Wildman–Crippen LogP) is 1.45. The Kier molecular flexibility index (Phi) is 4.66. The third-order valence-electron chi connectivity index (χ3n) is 2.64. The van der Waals surface area contributed by atoms with E-state index in [9.17, 15) is 4.79 Å². The molecule has 1 heterocycles. The van der Waals surface area contributed by atoms with Crippen LogP contribution in [0, 0.1) is 5.92 Å². The van der Waals surface area contributed by atoms with Crippen molar-refractivity contribution in [2.45, 2.75) is 19.8 Å². The molecule has 0 aromatic carbocycles. The highest BCUT2D eigenvalue weighted by Crippen LogP contribution is 2.17. The van der Waals surface area contributed by atoms with Crippen molar-refractivity contribution in [3.05, 3.63) is 12.2 Å². The molecule has 1 fully saturated rings. The number of allylic oxidation sites excluding steroid dienone is 1. The highest BCUT2D eigenvalue weighted by molar-refractivity contribution is 5.72. The number of hydrogen-bond acceptors (Lipinski definition) is 3. The van der Waals surface area contributed by atoms with Crippen LogP contribution in [0.3, 0.4) is 0 Å². The zero-order chi connectivity index (χ0) is 10.4. The maximum atomic E-state index is 11.3. The number of methoxy groups -OCH3 is 1. The number of hydrogen-bond donors (Lipinski definition) is 0. The van der Waals surface area contributed by atoms with Crippen molar-refractivity contribution in [3.63, 3.8) is 0 Å². The Hall–Kier alpha value is -0.830. The average molecular weight is 197 g/mol. The standard InChI is InChI=1S/C11H19NO2/c1-3-4-7-12-8-5-6-10(9-12)11(13)14-2/h3-4,10H,5-9H2,1-2H3/b4-3+. The first-order valence-corrected chi connectivity index (χ1v) is 5.19. The van der Waals surface area contributed by atoms with E-state index in [1.54, 1.807) is 0 Å². The van der Waals surface area contributed by atoms with Gasteiger partial charge >= 0.3 is 5.97 Å². The first kappa shape index (κ1) is 11.2. The lowest BCUT2D eigenvalue weighted by Gasteiger charge is -2.30. The second kappa shape index (κ2) is 5.81. The van der Waals surface area contributed by atoms with Gasteiger partial charge in [-0.05, 0) is 26.3 Å². The number of likely N-dealkylation sites (tertiary alicyclic amines) is 1. The van der Waals surface area contributed by atoms with Crippen LogP contribution < -0.4 is 0 Å². The fourth-order valence-electron chi connectivity index (χ4n) is 1.83. The Balaban J connectivity index is 2.39. The predicted molar refractivity (Wildman–Crippen MR) is 56.0 cm³/mol. The minimum atomic E-state index is -0.0600. The molecule has 80 valence electrons. The van der Waals surface area contributed by atoms with Crippen LogP contribution in [0.4, 0.5) is 0 Å². The number of carbonyl (C=O) groups excluding carboxylic acids is 1. The van der Waals surface area contributed by atoms with E-state index < -0.39 is 0 Å². The zero-order valence-electron chi connectivity index (χ0n) is 9.03. The monoisotopic (exact) mass is 197 g/mol. The van der Waals surface area contributed by atoms with Crippen molar-refractivity contribution in [2.75, 3.05) is 26.7 Å². The summed E-state index contributed by atoms with van der Waals surface area (Å²) in [5.41, 5.74) is 0. The minimum absolute atomic E-state index is 0.0600. The van der Waals surface area contributed by atoms with Gasteiger partial charge in [-0.1, -0.05) is 12.2 Å². The third-order valence-corrected chi connectivity index (χ3v) is 2.64. The summed E-state index contributed by atoms with van der Waals surface area (Å²) in [5, 5.41) is 0. The van der Waals surface area contributed by atoms with Crippen molar-refractivity contribution < 1.29 is 9.53 Å².